The van der Waals surface area contributed by atoms with Gasteiger partial charge in [0.25, 0.3) is 5.91 Å². The van der Waals surface area contributed by atoms with Gasteiger partial charge in [0.1, 0.15) is 12.9 Å². The van der Waals surface area contributed by atoms with Gasteiger partial charge < -0.3 is 19.1 Å². The second-order valence-corrected chi connectivity index (χ2v) is 8.18. The Kier molecular flexibility index (Phi) is 7.55. The lowest BCUT2D eigenvalue weighted by Crippen LogP contribution is -2.44. The Hall–Kier alpha value is -2.71. The van der Waals surface area contributed by atoms with Crippen LogP contribution in [0, 0.1) is 6.92 Å². The van der Waals surface area contributed by atoms with Crippen molar-refractivity contribution in [1.82, 2.24) is 19.8 Å². The maximum Gasteiger partial charge on any atom is 0.257 e. The van der Waals surface area contributed by atoms with Gasteiger partial charge in [0.15, 0.2) is 11.5 Å². The molecular formula is C24H32N4O4. The van der Waals surface area contributed by atoms with Crippen LogP contribution in [0.1, 0.15) is 41.4 Å². The van der Waals surface area contributed by atoms with E-state index in [0.29, 0.717) is 50.8 Å². The number of ether oxygens (including phenoxy) is 3. The molecule has 2 aliphatic rings. The van der Waals surface area contributed by atoms with Crippen molar-refractivity contribution < 1.29 is 19.0 Å². The number of hydrogen-bond donors (Lipinski definition) is 0. The van der Waals surface area contributed by atoms with Crippen LogP contribution in [0.25, 0.3) is 0 Å². The Bertz CT molecular complexity index is 923. The summed E-state index contributed by atoms with van der Waals surface area (Å²) in [5.74, 6) is 1.53. The number of carbonyl (C=O) groups is 1. The maximum absolute atomic E-state index is 13.3. The molecule has 1 fully saturated rings. The molecule has 2 aromatic rings. The van der Waals surface area contributed by atoms with Crippen LogP contribution in [0.4, 0.5) is 0 Å². The first-order chi connectivity index (χ1) is 15.7. The van der Waals surface area contributed by atoms with Crippen LogP contribution in [-0.2, 0) is 11.3 Å². The van der Waals surface area contributed by atoms with Gasteiger partial charge in [-0.05, 0) is 39.3 Å². The van der Waals surface area contributed by atoms with Gasteiger partial charge in [-0.25, -0.2) is 9.97 Å². The highest BCUT2D eigenvalue weighted by atomic mass is 16.5. The van der Waals surface area contributed by atoms with E-state index in [2.05, 4.69) is 20.9 Å². The average Bonchev–Trinajstić information content (AvgIpc) is 3.23. The van der Waals surface area contributed by atoms with Crippen LogP contribution in [0.2, 0.25) is 0 Å². The largest absolute Gasteiger partial charge is 0.490 e. The van der Waals surface area contributed by atoms with E-state index in [9.17, 15) is 4.79 Å². The van der Waals surface area contributed by atoms with Crippen molar-refractivity contribution in [2.45, 2.75) is 39.3 Å². The highest BCUT2D eigenvalue weighted by molar-refractivity contribution is 5.94. The van der Waals surface area contributed by atoms with Crippen LogP contribution < -0.4 is 9.47 Å². The van der Waals surface area contributed by atoms with Crippen molar-refractivity contribution in [2.24, 2.45) is 0 Å². The SMILES string of the molecule is CCOc1cccc2c1OCCOCCN(C(=O)c1cncnc1C)C[C@@H]1CCCN1C2. The van der Waals surface area contributed by atoms with E-state index in [4.69, 9.17) is 14.2 Å². The van der Waals surface area contributed by atoms with Gasteiger partial charge in [-0.3, -0.25) is 9.69 Å². The fraction of sp³-hybridized carbons (Fsp3) is 0.542. The molecule has 1 aromatic heterocycles. The van der Waals surface area contributed by atoms with E-state index in [1.165, 1.54) is 6.33 Å². The van der Waals surface area contributed by atoms with Crippen LogP contribution >= 0.6 is 0 Å². The van der Waals surface area contributed by atoms with Crippen LogP contribution in [0.5, 0.6) is 11.5 Å². The number of para-hydroxylation sites is 1. The molecule has 0 unspecified atom stereocenters. The highest BCUT2D eigenvalue weighted by Crippen LogP contribution is 2.34. The zero-order valence-corrected chi connectivity index (χ0v) is 19.0. The number of amides is 1. The van der Waals surface area contributed by atoms with Crippen molar-refractivity contribution in [2.75, 3.05) is 46.1 Å². The van der Waals surface area contributed by atoms with Crippen molar-refractivity contribution in [3.05, 3.63) is 47.5 Å². The number of nitrogens with zero attached hydrogens (tertiary/aromatic N) is 4. The summed E-state index contributed by atoms with van der Waals surface area (Å²) >= 11 is 0. The number of hydrogen-bond acceptors (Lipinski definition) is 7. The molecule has 1 saturated heterocycles. The Balaban J connectivity index is 1.59. The Labute approximate surface area is 189 Å². The van der Waals surface area contributed by atoms with Crippen LogP contribution in [0.3, 0.4) is 0 Å². The molecule has 0 bridgehead atoms. The summed E-state index contributed by atoms with van der Waals surface area (Å²) in [6.07, 6.45) is 5.24. The van der Waals surface area contributed by atoms with E-state index in [1.807, 2.05) is 30.9 Å². The molecule has 0 spiro atoms. The quantitative estimate of drug-likeness (QED) is 0.726. The Morgan fingerprint density at radius 2 is 2.16 bits per heavy atom. The zero-order valence-electron chi connectivity index (χ0n) is 19.0. The van der Waals surface area contributed by atoms with Gasteiger partial charge in [-0.1, -0.05) is 12.1 Å². The molecule has 2 aliphatic heterocycles. The van der Waals surface area contributed by atoms with Gasteiger partial charge >= 0.3 is 0 Å². The molecule has 3 heterocycles. The minimum absolute atomic E-state index is 0.0382. The number of aryl methyl sites for hydroxylation is 1. The number of fused-ring (bicyclic) bond motifs is 2. The highest BCUT2D eigenvalue weighted by Gasteiger charge is 2.30. The lowest BCUT2D eigenvalue weighted by Gasteiger charge is -2.31. The third-order valence-electron chi connectivity index (χ3n) is 6.07. The molecular weight excluding hydrogens is 408 g/mol. The average molecular weight is 441 g/mol. The molecule has 172 valence electrons. The van der Waals surface area contributed by atoms with E-state index >= 15 is 0 Å². The second-order valence-electron chi connectivity index (χ2n) is 8.18. The van der Waals surface area contributed by atoms with Crippen molar-refractivity contribution >= 4 is 5.91 Å². The number of carbonyl (C=O) groups excluding carboxylic acids is 1. The molecule has 0 aliphatic carbocycles. The Morgan fingerprint density at radius 1 is 1.25 bits per heavy atom. The van der Waals surface area contributed by atoms with E-state index in [0.717, 1.165) is 43.0 Å². The van der Waals surface area contributed by atoms with E-state index in [1.54, 1.807) is 6.20 Å². The Morgan fingerprint density at radius 3 is 3.00 bits per heavy atom. The first kappa shape index (κ1) is 22.5. The number of aromatic nitrogens is 2. The normalized spacial score (nSPS) is 20.2. The first-order valence-corrected chi connectivity index (χ1v) is 11.4. The van der Waals surface area contributed by atoms with Gasteiger partial charge in [-0.15, -0.1) is 0 Å². The van der Waals surface area contributed by atoms with Gasteiger partial charge in [0.2, 0.25) is 0 Å². The summed E-state index contributed by atoms with van der Waals surface area (Å²) in [4.78, 5) is 25.9. The van der Waals surface area contributed by atoms with Crippen LogP contribution in [0.15, 0.2) is 30.7 Å². The zero-order chi connectivity index (χ0) is 22.3. The molecule has 4 rings (SSSR count). The van der Waals surface area contributed by atoms with Crippen molar-refractivity contribution in [3.63, 3.8) is 0 Å². The van der Waals surface area contributed by atoms with Crippen molar-refractivity contribution in [1.29, 1.82) is 0 Å². The molecule has 1 amide bonds. The molecule has 0 N–H and O–H groups in total. The first-order valence-electron chi connectivity index (χ1n) is 11.4. The molecule has 1 aromatic carbocycles. The third kappa shape index (κ3) is 5.19. The third-order valence-corrected chi connectivity index (χ3v) is 6.07. The molecule has 0 radical (unpaired) electrons. The molecule has 1 atom stereocenters. The molecule has 32 heavy (non-hydrogen) atoms. The summed E-state index contributed by atoms with van der Waals surface area (Å²) in [6, 6.07) is 6.34. The summed E-state index contributed by atoms with van der Waals surface area (Å²) < 4.78 is 17.8. The summed E-state index contributed by atoms with van der Waals surface area (Å²) in [6.45, 7) is 8.67. The molecule has 8 nitrogen and oxygen atoms in total. The monoisotopic (exact) mass is 440 g/mol. The molecule has 0 saturated carbocycles. The minimum Gasteiger partial charge on any atom is -0.490 e. The second kappa shape index (κ2) is 10.7. The maximum atomic E-state index is 13.3. The lowest BCUT2D eigenvalue weighted by molar-refractivity contribution is 0.0537. The summed E-state index contributed by atoms with van der Waals surface area (Å²) in [5.41, 5.74) is 2.35. The summed E-state index contributed by atoms with van der Waals surface area (Å²) in [7, 11) is 0. The lowest BCUT2D eigenvalue weighted by atomic mass is 10.1. The fourth-order valence-corrected chi connectivity index (χ4v) is 4.43. The standard InChI is InChI=1S/C24H32N4O4/c1-3-31-22-8-4-6-19-15-27-9-5-7-20(27)16-28(10-11-30-12-13-32-23(19)22)24(29)21-14-25-17-26-18(21)2/h4,6,8,14,17,20H,3,5,7,9-13,15-16H2,1-2H3/t20-/m0/s1. The number of benzene rings is 1. The fourth-order valence-electron chi connectivity index (χ4n) is 4.43. The predicted molar refractivity (Wildman–Crippen MR) is 120 cm³/mol. The van der Waals surface area contributed by atoms with Gasteiger partial charge in [0.05, 0.1) is 31.1 Å². The van der Waals surface area contributed by atoms with E-state index in [-0.39, 0.29) is 11.9 Å². The molecule has 8 heteroatoms. The smallest absolute Gasteiger partial charge is 0.257 e. The van der Waals surface area contributed by atoms with Crippen molar-refractivity contribution in [3.8, 4) is 11.5 Å². The summed E-state index contributed by atoms with van der Waals surface area (Å²) in [5, 5.41) is 0. The predicted octanol–water partition coefficient (Wildman–Crippen LogP) is 2.70. The van der Waals surface area contributed by atoms with E-state index < -0.39 is 0 Å². The topological polar surface area (TPSA) is 77.0 Å². The van der Waals surface area contributed by atoms with Gasteiger partial charge in [-0.2, -0.15) is 0 Å². The van der Waals surface area contributed by atoms with Crippen LogP contribution in [-0.4, -0.2) is 77.8 Å². The minimum atomic E-state index is -0.0382. The van der Waals surface area contributed by atoms with Gasteiger partial charge in [0, 0.05) is 37.4 Å². The number of rotatable bonds is 3.